The first-order valence-corrected chi connectivity index (χ1v) is 7.71. The fourth-order valence-electron chi connectivity index (χ4n) is 1.96. The van der Waals surface area contributed by atoms with E-state index in [4.69, 9.17) is 11.6 Å². The van der Waals surface area contributed by atoms with Crippen LogP contribution in [0.5, 0.6) is 0 Å². The van der Waals surface area contributed by atoms with Crippen LogP contribution in [0.4, 0.5) is 15.8 Å². The minimum Gasteiger partial charge on any atom is -0.319 e. The van der Waals surface area contributed by atoms with Gasteiger partial charge >= 0.3 is 0 Å². The SMILES string of the molecule is CN(CC(=O)Nc1ccc(F)cc1[N+](=O)[O-])Cc1ccc(Cl)s1. The lowest BCUT2D eigenvalue weighted by Gasteiger charge is -2.15. The van der Waals surface area contributed by atoms with Gasteiger partial charge in [0.05, 0.1) is 21.9 Å². The van der Waals surface area contributed by atoms with Gasteiger partial charge in [0, 0.05) is 11.4 Å². The van der Waals surface area contributed by atoms with Crippen LogP contribution in [0.15, 0.2) is 30.3 Å². The number of nitrogens with zero attached hydrogens (tertiary/aromatic N) is 2. The maximum Gasteiger partial charge on any atom is 0.295 e. The van der Waals surface area contributed by atoms with Crippen LogP contribution < -0.4 is 5.32 Å². The van der Waals surface area contributed by atoms with Gasteiger partial charge in [-0.1, -0.05) is 11.6 Å². The van der Waals surface area contributed by atoms with Gasteiger partial charge in [-0.2, -0.15) is 0 Å². The van der Waals surface area contributed by atoms with Crippen LogP contribution in [-0.2, 0) is 11.3 Å². The Hall–Kier alpha value is -2.03. The van der Waals surface area contributed by atoms with E-state index in [9.17, 15) is 19.3 Å². The average Bonchev–Trinajstić information content (AvgIpc) is 2.85. The summed E-state index contributed by atoms with van der Waals surface area (Å²) in [5.41, 5.74) is -0.514. The zero-order chi connectivity index (χ0) is 17.0. The van der Waals surface area contributed by atoms with Gasteiger partial charge in [0.1, 0.15) is 11.5 Å². The smallest absolute Gasteiger partial charge is 0.295 e. The fraction of sp³-hybridized carbons (Fsp3) is 0.214. The maximum atomic E-state index is 13.1. The molecule has 1 N–H and O–H groups in total. The van der Waals surface area contributed by atoms with Gasteiger partial charge in [-0.15, -0.1) is 11.3 Å². The maximum absolute atomic E-state index is 13.1. The minimum atomic E-state index is -0.740. The summed E-state index contributed by atoms with van der Waals surface area (Å²) in [6.45, 7) is 0.556. The zero-order valence-corrected chi connectivity index (χ0v) is 13.7. The summed E-state index contributed by atoms with van der Waals surface area (Å²) in [6.07, 6.45) is 0. The monoisotopic (exact) mass is 357 g/mol. The molecule has 0 aliphatic rings. The molecule has 0 spiro atoms. The van der Waals surface area contributed by atoms with E-state index < -0.39 is 22.3 Å². The molecule has 122 valence electrons. The van der Waals surface area contributed by atoms with Gasteiger partial charge in [0.25, 0.3) is 5.69 Å². The molecule has 0 radical (unpaired) electrons. The normalized spacial score (nSPS) is 10.8. The molecule has 1 aromatic carbocycles. The molecule has 2 rings (SSSR count). The number of thiophene rings is 1. The predicted molar refractivity (Wildman–Crippen MR) is 87.3 cm³/mol. The highest BCUT2D eigenvalue weighted by Gasteiger charge is 2.17. The van der Waals surface area contributed by atoms with E-state index in [1.807, 2.05) is 6.07 Å². The van der Waals surface area contributed by atoms with Crippen molar-refractivity contribution >= 4 is 40.2 Å². The number of rotatable bonds is 6. The number of likely N-dealkylation sites (N-methyl/N-ethyl adjacent to an activating group) is 1. The number of carbonyl (C=O) groups excluding carboxylic acids is 1. The first-order valence-electron chi connectivity index (χ1n) is 6.51. The lowest BCUT2D eigenvalue weighted by atomic mass is 10.2. The van der Waals surface area contributed by atoms with Crippen molar-refractivity contribution in [2.45, 2.75) is 6.54 Å². The average molecular weight is 358 g/mol. The second kappa shape index (κ2) is 7.49. The largest absolute Gasteiger partial charge is 0.319 e. The van der Waals surface area contributed by atoms with Gasteiger partial charge in [-0.05, 0) is 31.3 Å². The third-order valence-electron chi connectivity index (χ3n) is 2.90. The summed E-state index contributed by atoms with van der Waals surface area (Å²) in [6, 6.07) is 6.64. The highest BCUT2D eigenvalue weighted by Crippen LogP contribution is 2.25. The molecule has 0 saturated carbocycles. The van der Waals surface area contributed by atoms with E-state index in [-0.39, 0.29) is 12.2 Å². The molecular formula is C14H13ClFN3O3S. The standard InChI is InChI=1S/C14H13ClFN3O3S/c1-18(7-10-3-5-13(15)23-10)8-14(20)17-11-4-2-9(16)6-12(11)19(21)22/h2-6H,7-8H2,1H3,(H,17,20). The summed E-state index contributed by atoms with van der Waals surface area (Å²) in [5.74, 6) is -1.16. The van der Waals surface area contributed by atoms with Crippen molar-refractivity contribution < 1.29 is 14.1 Å². The lowest BCUT2D eigenvalue weighted by molar-refractivity contribution is -0.384. The third-order valence-corrected chi connectivity index (χ3v) is 4.11. The van der Waals surface area contributed by atoms with Crippen molar-refractivity contribution in [3.05, 3.63) is 55.5 Å². The van der Waals surface area contributed by atoms with E-state index in [1.54, 1.807) is 18.0 Å². The van der Waals surface area contributed by atoms with Crippen LogP contribution in [0, 0.1) is 15.9 Å². The minimum absolute atomic E-state index is 0.0318. The quantitative estimate of drug-likeness (QED) is 0.634. The van der Waals surface area contributed by atoms with E-state index in [1.165, 1.54) is 17.4 Å². The van der Waals surface area contributed by atoms with Crippen molar-refractivity contribution in [3.8, 4) is 0 Å². The molecule has 1 aromatic heterocycles. The summed E-state index contributed by atoms with van der Waals surface area (Å²) < 4.78 is 13.7. The van der Waals surface area contributed by atoms with E-state index in [0.29, 0.717) is 10.9 Å². The van der Waals surface area contributed by atoms with Crippen LogP contribution in [0.1, 0.15) is 4.88 Å². The highest BCUT2D eigenvalue weighted by atomic mass is 35.5. The molecule has 0 aliphatic carbocycles. The molecule has 0 aliphatic heterocycles. The number of hydrogen-bond donors (Lipinski definition) is 1. The fourth-order valence-corrected chi connectivity index (χ4v) is 3.12. The molecule has 6 nitrogen and oxygen atoms in total. The molecule has 2 aromatic rings. The van der Waals surface area contributed by atoms with Gasteiger partial charge in [0.15, 0.2) is 0 Å². The van der Waals surface area contributed by atoms with E-state index in [2.05, 4.69) is 5.32 Å². The van der Waals surface area contributed by atoms with Crippen molar-refractivity contribution in [2.75, 3.05) is 18.9 Å². The molecule has 1 heterocycles. The molecule has 0 bridgehead atoms. The van der Waals surface area contributed by atoms with Gasteiger partial charge in [-0.25, -0.2) is 4.39 Å². The third kappa shape index (κ3) is 4.98. The summed E-state index contributed by atoms with van der Waals surface area (Å²) in [4.78, 5) is 24.9. The van der Waals surface area contributed by atoms with Crippen molar-refractivity contribution in [3.63, 3.8) is 0 Å². The van der Waals surface area contributed by atoms with Crippen LogP contribution in [0.3, 0.4) is 0 Å². The molecule has 1 amide bonds. The van der Waals surface area contributed by atoms with Crippen LogP contribution in [-0.4, -0.2) is 29.3 Å². The van der Waals surface area contributed by atoms with Crippen LogP contribution >= 0.6 is 22.9 Å². The van der Waals surface area contributed by atoms with Gasteiger partial charge < -0.3 is 5.32 Å². The topological polar surface area (TPSA) is 75.5 Å². The van der Waals surface area contributed by atoms with E-state index >= 15 is 0 Å². The second-order valence-corrected chi connectivity index (χ2v) is 6.64. The number of nitrogens with one attached hydrogen (secondary N) is 1. The van der Waals surface area contributed by atoms with E-state index in [0.717, 1.165) is 17.0 Å². The van der Waals surface area contributed by atoms with Crippen LogP contribution in [0.25, 0.3) is 0 Å². The number of nitro benzene ring substituents is 1. The molecule has 0 fully saturated rings. The first-order chi connectivity index (χ1) is 10.8. The molecule has 0 unspecified atom stereocenters. The Bertz CT molecular complexity index is 738. The number of anilines is 1. The Kier molecular flexibility index (Phi) is 5.64. The number of carbonyl (C=O) groups is 1. The number of hydrogen-bond acceptors (Lipinski definition) is 5. The van der Waals surface area contributed by atoms with Crippen LogP contribution in [0.2, 0.25) is 4.34 Å². The molecule has 0 atom stereocenters. The summed E-state index contributed by atoms with van der Waals surface area (Å²) in [5, 5.41) is 13.3. The summed E-state index contributed by atoms with van der Waals surface area (Å²) >= 11 is 7.26. The number of halogens is 2. The zero-order valence-electron chi connectivity index (χ0n) is 12.1. The number of amides is 1. The first kappa shape index (κ1) is 17.3. The Morgan fingerprint density at radius 2 is 2.17 bits per heavy atom. The van der Waals surface area contributed by atoms with Crippen molar-refractivity contribution in [1.29, 1.82) is 0 Å². The summed E-state index contributed by atoms with van der Waals surface area (Å²) in [7, 11) is 1.74. The Labute approximate surface area is 140 Å². The van der Waals surface area contributed by atoms with Gasteiger partial charge in [-0.3, -0.25) is 19.8 Å². The predicted octanol–water partition coefficient (Wildman–Crippen LogP) is 3.52. The Balaban J connectivity index is 1.98. The molecule has 9 heteroatoms. The highest BCUT2D eigenvalue weighted by molar-refractivity contribution is 7.16. The Morgan fingerprint density at radius 1 is 1.43 bits per heavy atom. The second-order valence-electron chi connectivity index (χ2n) is 4.84. The lowest BCUT2D eigenvalue weighted by Crippen LogP contribution is -2.29. The van der Waals surface area contributed by atoms with Crippen molar-refractivity contribution in [2.24, 2.45) is 0 Å². The number of benzene rings is 1. The molecular weight excluding hydrogens is 345 g/mol. The van der Waals surface area contributed by atoms with Crippen molar-refractivity contribution in [1.82, 2.24) is 4.90 Å². The molecule has 0 saturated heterocycles. The Morgan fingerprint density at radius 3 is 2.78 bits per heavy atom. The van der Waals surface area contributed by atoms with Gasteiger partial charge in [0.2, 0.25) is 5.91 Å². The number of nitro groups is 1. The molecule has 23 heavy (non-hydrogen) atoms.